The number of amides is 2. The predicted molar refractivity (Wildman–Crippen MR) is 50.8 cm³/mol. The average Bonchev–Trinajstić information content (AvgIpc) is 2.24. The van der Waals surface area contributed by atoms with Crippen molar-refractivity contribution in [1.29, 1.82) is 0 Å². The summed E-state index contributed by atoms with van der Waals surface area (Å²) in [5, 5.41) is 1.96. The maximum atomic E-state index is 12.5. The van der Waals surface area contributed by atoms with Gasteiger partial charge in [-0.25, -0.2) is 0 Å². The molecule has 1 rings (SSSR count). The minimum absolute atomic E-state index is 0.537. The minimum Gasteiger partial charge on any atom is -0.368 e. The molecule has 1 aromatic heterocycles. The van der Waals surface area contributed by atoms with Gasteiger partial charge in [-0.3, -0.25) is 14.6 Å². The first-order valence-corrected chi connectivity index (χ1v) is 4.40. The molecule has 1 heterocycles. The molecular weight excluding hydrogens is 239 g/mol. The lowest BCUT2D eigenvalue weighted by atomic mass is 10.1. The number of halogens is 3. The van der Waals surface area contributed by atoms with Gasteiger partial charge in [0, 0.05) is 12.4 Å². The summed E-state index contributed by atoms with van der Waals surface area (Å²) in [6.45, 7) is -0.537. The summed E-state index contributed by atoms with van der Waals surface area (Å²) in [6, 6.07) is 0.680. The number of nitrogens with zero attached hydrogens (tertiary/aromatic N) is 1. The number of rotatable bonds is 3. The van der Waals surface area contributed by atoms with Crippen LogP contribution >= 0.6 is 0 Å². The zero-order valence-corrected chi connectivity index (χ0v) is 8.41. The smallest absolute Gasteiger partial charge is 0.368 e. The summed E-state index contributed by atoms with van der Waals surface area (Å²) in [4.78, 5) is 25.2. The SMILES string of the molecule is NC(=O)CNC(=O)c1cnccc1C(F)(F)F. The van der Waals surface area contributed by atoms with Crippen LogP contribution in [-0.4, -0.2) is 23.3 Å². The molecule has 2 amide bonds. The first kappa shape index (κ1) is 12.9. The fourth-order valence-electron chi connectivity index (χ4n) is 1.09. The molecule has 0 aliphatic carbocycles. The van der Waals surface area contributed by atoms with E-state index in [2.05, 4.69) is 4.98 Å². The molecule has 5 nitrogen and oxygen atoms in total. The summed E-state index contributed by atoms with van der Waals surface area (Å²) in [6.07, 6.45) is -2.96. The van der Waals surface area contributed by atoms with Crippen LogP contribution in [-0.2, 0) is 11.0 Å². The third-order valence-corrected chi connectivity index (χ3v) is 1.79. The Hall–Kier alpha value is -2.12. The second kappa shape index (κ2) is 4.81. The van der Waals surface area contributed by atoms with Gasteiger partial charge in [0.2, 0.25) is 5.91 Å². The average molecular weight is 247 g/mol. The quantitative estimate of drug-likeness (QED) is 0.806. The van der Waals surface area contributed by atoms with Crippen molar-refractivity contribution >= 4 is 11.8 Å². The third kappa shape index (κ3) is 3.44. The van der Waals surface area contributed by atoms with Gasteiger partial charge in [0.25, 0.3) is 5.91 Å². The van der Waals surface area contributed by atoms with Crippen molar-refractivity contribution in [3.05, 3.63) is 29.6 Å². The summed E-state index contributed by atoms with van der Waals surface area (Å²) in [5.74, 6) is -1.90. The van der Waals surface area contributed by atoms with E-state index < -0.39 is 35.7 Å². The lowest BCUT2D eigenvalue weighted by molar-refractivity contribution is -0.138. The molecule has 0 atom stereocenters. The van der Waals surface area contributed by atoms with E-state index in [0.717, 1.165) is 12.4 Å². The van der Waals surface area contributed by atoms with Crippen molar-refractivity contribution < 1.29 is 22.8 Å². The molecular formula is C9H8F3N3O2. The Kier molecular flexibility index (Phi) is 3.66. The Balaban J connectivity index is 2.98. The van der Waals surface area contributed by atoms with E-state index in [1.807, 2.05) is 5.32 Å². The number of pyridine rings is 1. The molecule has 8 heteroatoms. The van der Waals surface area contributed by atoms with Crippen LogP contribution in [0.25, 0.3) is 0 Å². The van der Waals surface area contributed by atoms with Gasteiger partial charge in [-0.2, -0.15) is 13.2 Å². The van der Waals surface area contributed by atoms with Crippen molar-refractivity contribution in [3.63, 3.8) is 0 Å². The highest BCUT2D eigenvalue weighted by atomic mass is 19.4. The van der Waals surface area contributed by atoms with Crippen LogP contribution in [0.3, 0.4) is 0 Å². The molecule has 0 bridgehead atoms. The number of hydrogen-bond donors (Lipinski definition) is 2. The standard InChI is InChI=1S/C9H8F3N3O2/c10-9(11,12)6-1-2-14-3-5(6)8(17)15-4-7(13)16/h1-3H,4H2,(H2,13,16)(H,15,17). The molecule has 0 aromatic carbocycles. The molecule has 17 heavy (non-hydrogen) atoms. The van der Waals surface area contributed by atoms with Gasteiger partial charge in [0.05, 0.1) is 17.7 Å². The first-order valence-electron chi connectivity index (χ1n) is 4.40. The maximum Gasteiger partial charge on any atom is 0.417 e. The molecule has 0 saturated carbocycles. The van der Waals surface area contributed by atoms with E-state index in [0.29, 0.717) is 6.07 Å². The summed E-state index contributed by atoms with van der Waals surface area (Å²) >= 11 is 0. The molecule has 0 saturated heterocycles. The van der Waals surface area contributed by atoms with Crippen LogP contribution in [0.5, 0.6) is 0 Å². The lowest BCUT2D eigenvalue weighted by Crippen LogP contribution is -2.34. The number of nitrogens with two attached hydrogens (primary N) is 1. The van der Waals surface area contributed by atoms with Crippen LogP contribution in [0.4, 0.5) is 13.2 Å². The molecule has 3 N–H and O–H groups in total. The molecule has 92 valence electrons. The zero-order valence-electron chi connectivity index (χ0n) is 8.41. The number of hydrogen-bond acceptors (Lipinski definition) is 3. The van der Waals surface area contributed by atoms with Gasteiger partial charge < -0.3 is 11.1 Å². The largest absolute Gasteiger partial charge is 0.417 e. The van der Waals surface area contributed by atoms with E-state index in [1.165, 1.54) is 0 Å². The Morgan fingerprint density at radius 3 is 2.59 bits per heavy atom. The highest BCUT2D eigenvalue weighted by molar-refractivity contribution is 5.97. The number of carbonyl (C=O) groups is 2. The predicted octanol–water partition coefficient (Wildman–Crippen LogP) is 0.316. The molecule has 0 unspecified atom stereocenters. The van der Waals surface area contributed by atoms with Crippen LogP contribution in [0, 0.1) is 0 Å². The van der Waals surface area contributed by atoms with Crippen LogP contribution in [0.1, 0.15) is 15.9 Å². The molecule has 0 fully saturated rings. The normalized spacial score (nSPS) is 11.0. The Bertz CT molecular complexity index is 445. The number of aromatic nitrogens is 1. The number of alkyl halides is 3. The highest BCUT2D eigenvalue weighted by Crippen LogP contribution is 2.31. The van der Waals surface area contributed by atoms with Crippen molar-refractivity contribution in [2.24, 2.45) is 5.73 Å². The van der Waals surface area contributed by atoms with E-state index in [4.69, 9.17) is 5.73 Å². The lowest BCUT2D eigenvalue weighted by Gasteiger charge is -2.11. The monoisotopic (exact) mass is 247 g/mol. The van der Waals surface area contributed by atoms with Gasteiger partial charge >= 0.3 is 6.18 Å². The molecule has 0 radical (unpaired) electrons. The Morgan fingerprint density at radius 2 is 2.06 bits per heavy atom. The number of nitrogens with one attached hydrogen (secondary N) is 1. The Labute approximate surface area is 93.8 Å². The maximum absolute atomic E-state index is 12.5. The third-order valence-electron chi connectivity index (χ3n) is 1.79. The van der Waals surface area contributed by atoms with Crippen LogP contribution in [0.2, 0.25) is 0 Å². The summed E-state index contributed by atoms with van der Waals surface area (Å²) < 4.78 is 37.5. The molecule has 0 aliphatic rings. The highest BCUT2D eigenvalue weighted by Gasteiger charge is 2.35. The van der Waals surface area contributed by atoms with Gasteiger partial charge in [0.15, 0.2) is 0 Å². The van der Waals surface area contributed by atoms with Crippen molar-refractivity contribution in [3.8, 4) is 0 Å². The van der Waals surface area contributed by atoms with E-state index in [1.54, 1.807) is 0 Å². The van der Waals surface area contributed by atoms with Gasteiger partial charge in [-0.1, -0.05) is 0 Å². The summed E-state index contributed by atoms with van der Waals surface area (Å²) in [5.41, 5.74) is 2.98. The van der Waals surface area contributed by atoms with Crippen molar-refractivity contribution in [2.45, 2.75) is 6.18 Å². The summed E-state index contributed by atoms with van der Waals surface area (Å²) in [7, 11) is 0. The number of carbonyl (C=O) groups excluding carboxylic acids is 2. The molecule has 0 aliphatic heterocycles. The number of primary amides is 1. The van der Waals surface area contributed by atoms with Crippen molar-refractivity contribution in [2.75, 3.05) is 6.54 Å². The van der Waals surface area contributed by atoms with E-state index in [-0.39, 0.29) is 0 Å². The second-order valence-corrected chi connectivity index (χ2v) is 3.07. The van der Waals surface area contributed by atoms with E-state index >= 15 is 0 Å². The van der Waals surface area contributed by atoms with Gasteiger partial charge in [0.1, 0.15) is 0 Å². The minimum atomic E-state index is -4.66. The fourth-order valence-corrected chi connectivity index (χ4v) is 1.09. The first-order chi connectivity index (χ1) is 7.82. The van der Waals surface area contributed by atoms with Gasteiger partial charge in [-0.05, 0) is 6.07 Å². The molecule has 1 aromatic rings. The topological polar surface area (TPSA) is 85.1 Å². The zero-order chi connectivity index (χ0) is 13.1. The molecule has 0 spiro atoms. The van der Waals surface area contributed by atoms with Crippen molar-refractivity contribution in [1.82, 2.24) is 10.3 Å². The fraction of sp³-hybridized carbons (Fsp3) is 0.222. The second-order valence-electron chi connectivity index (χ2n) is 3.07. The van der Waals surface area contributed by atoms with Crippen LogP contribution in [0.15, 0.2) is 18.5 Å². The Morgan fingerprint density at radius 1 is 1.41 bits per heavy atom. The van der Waals surface area contributed by atoms with Gasteiger partial charge in [-0.15, -0.1) is 0 Å². The van der Waals surface area contributed by atoms with E-state index in [9.17, 15) is 22.8 Å². The van der Waals surface area contributed by atoms with Crippen LogP contribution < -0.4 is 11.1 Å².